The van der Waals surface area contributed by atoms with E-state index in [9.17, 15) is 15.0 Å². The van der Waals surface area contributed by atoms with Crippen LogP contribution in [0.1, 0.15) is 5.56 Å². The number of nitrogens with zero attached hydrogens (tertiary/aromatic N) is 2. The third-order valence-corrected chi connectivity index (χ3v) is 5.11. The Kier molecular flexibility index (Phi) is 5.25. The van der Waals surface area contributed by atoms with Crippen LogP contribution in [0.15, 0.2) is 72.8 Å². The highest BCUT2D eigenvalue weighted by Gasteiger charge is 2.36. The summed E-state index contributed by atoms with van der Waals surface area (Å²) in [6.07, 6.45) is 0. The second-order valence-electron chi connectivity index (χ2n) is 6.91. The summed E-state index contributed by atoms with van der Waals surface area (Å²) in [6, 6.07) is 20.9. The van der Waals surface area contributed by atoms with Crippen LogP contribution in [-0.2, 0) is 11.3 Å². The SMILES string of the molecule is Cc1ccccc1NC(=O)C[n+]1c(O)[n+](-c2cccc(Cl)c2)c(O)c2ccccc21. The lowest BCUT2D eigenvalue weighted by Gasteiger charge is -2.08. The van der Waals surface area contributed by atoms with Crippen LogP contribution in [0.5, 0.6) is 11.9 Å². The normalized spacial score (nSPS) is 10.9. The van der Waals surface area contributed by atoms with Gasteiger partial charge in [0.15, 0.2) is 5.39 Å². The van der Waals surface area contributed by atoms with Crippen LogP contribution in [0, 0.1) is 6.92 Å². The average molecular weight is 422 g/mol. The fourth-order valence-electron chi connectivity index (χ4n) is 3.40. The molecule has 0 aliphatic rings. The molecule has 3 aromatic carbocycles. The molecule has 4 rings (SSSR count). The van der Waals surface area contributed by atoms with Crippen LogP contribution >= 0.6 is 11.6 Å². The Balaban J connectivity index is 1.83. The number of amides is 1. The van der Waals surface area contributed by atoms with Crippen molar-refractivity contribution < 1.29 is 24.1 Å². The molecule has 0 aliphatic heterocycles. The number of hydrogen-bond donors (Lipinski definition) is 3. The maximum absolute atomic E-state index is 12.8. The zero-order valence-electron chi connectivity index (χ0n) is 16.2. The lowest BCUT2D eigenvalue weighted by Crippen LogP contribution is -2.49. The Morgan fingerprint density at radius 1 is 1.00 bits per heavy atom. The first kappa shape index (κ1) is 19.7. The van der Waals surface area contributed by atoms with Crippen LogP contribution in [0.3, 0.4) is 0 Å². The van der Waals surface area contributed by atoms with Gasteiger partial charge in [-0.25, -0.2) is 0 Å². The number of halogens is 1. The van der Waals surface area contributed by atoms with E-state index in [0.717, 1.165) is 5.56 Å². The van der Waals surface area contributed by atoms with E-state index in [1.54, 1.807) is 48.5 Å². The summed E-state index contributed by atoms with van der Waals surface area (Å²) in [4.78, 5) is 12.8. The van der Waals surface area contributed by atoms with E-state index in [1.165, 1.54) is 9.13 Å². The smallest absolute Gasteiger partial charge is 0.459 e. The summed E-state index contributed by atoms with van der Waals surface area (Å²) in [5.74, 6) is -0.459. The Morgan fingerprint density at radius 2 is 1.73 bits per heavy atom. The summed E-state index contributed by atoms with van der Waals surface area (Å²) in [7, 11) is 0. The van der Waals surface area contributed by atoms with Crippen LogP contribution in [-0.4, -0.2) is 16.1 Å². The Morgan fingerprint density at radius 3 is 2.50 bits per heavy atom. The van der Waals surface area contributed by atoms with E-state index >= 15 is 0 Å². The number of aromatic hydroxyl groups is 2. The molecule has 0 fully saturated rings. The predicted molar refractivity (Wildman–Crippen MR) is 114 cm³/mol. The van der Waals surface area contributed by atoms with Crippen molar-refractivity contribution in [1.29, 1.82) is 0 Å². The minimum Gasteiger partial charge on any atom is -0.459 e. The highest BCUT2D eigenvalue weighted by Crippen LogP contribution is 2.23. The molecule has 0 spiro atoms. The van der Waals surface area contributed by atoms with Crippen LogP contribution in [0.25, 0.3) is 16.6 Å². The minimum atomic E-state index is -0.307. The molecule has 0 unspecified atom stereocenters. The molecular weight excluding hydrogens is 402 g/mol. The molecule has 0 radical (unpaired) electrons. The van der Waals surface area contributed by atoms with Crippen LogP contribution in [0.2, 0.25) is 5.02 Å². The average Bonchev–Trinajstić information content (AvgIpc) is 2.73. The van der Waals surface area contributed by atoms with Gasteiger partial charge in [0, 0.05) is 28.9 Å². The van der Waals surface area contributed by atoms with Crippen molar-refractivity contribution in [2.75, 3.05) is 5.32 Å². The molecule has 3 N–H and O–H groups in total. The largest absolute Gasteiger partial charge is 0.638 e. The number of fused-ring (bicyclic) bond motifs is 1. The van der Waals surface area contributed by atoms with Gasteiger partial charge < -0.3 is 15.5 Å². The van der Waals surface area contributed by atoms with E-state index in [2.05, 4.69) is 5.32 Å². The minimum absolute atomic E-state index is 0.151. The molecular formula is C23H20ClN3O3+2. The van der Waals surface area contributed by atoms with Crippen molar-refractivity contribution in [3.8, 4) is 17.6 Å². The third kappa shape index (κ3) is 3.65. The number of nitrogens with one attached hydrogen (secondary N) is 1. The summed E-state index contributed by atoms with van der Waals surface area (Å²) in [5, 5.41) is 25.7. The van der Waals surface area contributed by atoms with Crippen molar-refractivity contribution >= 4 is 34.1 Å². The van der Waals surface area contributed by atoms with Gasteiger partial charge in [-0.2, -0.15) is 0 Å². The van der Waals surface area contributed by atoms with Gasteiger partial charge in [0.25, 0.3) is 5.91 Å². The van der Waals surface area contributed by atoms with E-state index in [-0.39, 0.29) is 24.3 Å². The Hall–Kier alpha value is -3.64. The molecule has 0 saturated carbocycles. The zero-order valence-corrected chi connectivity index (χ0v) is 17.0. The first-order chi connectivity index (χ1) is 14.5. The zero-order chi connectivity index (χ0) is 21.3. The highest BCUT2D eigenvalue weighted by atomic mass is 35.5. The Labute approximate surface area is 178 Å². The van der Waals surface area contributed by atoms with E-state index < -0.39 is 0 Å². The molecule has 6 nitrogen and oxygen atoms in total. The molecule has 4 aromatic rings. The molecule has 30 heavy (non-hydrogen) atoms. The van der Waals surface area contributed by atoms with Gasteiger partial charge in [-0.15, -0.1) is 0 Å². The second-order valence-corrected chi connectivity index (χ2v) is 7.34. The number of hydrogen-bond acceptors (Lipinski definition) is 3. The number of anilines is 1. The molecule has 1 heterocycles. The molecule has 7 heteroatoms. The number of carbonyl (C=O) groups is 1. The van der Waals surface area contributed by atoms with E-state index in [4.69, 9.17) is 11.6 Å². The number of benzene rings is 3. The van der Waals surface area contributed by atoms with Gasteiger partial charge in [0.2, 0.25) is 17.7 Å². The van der Waals surface area contributed by atoms with Crippen molar-refractivity contribution in [1.82, 2.24) is 0 Å². The van der Waals surface area contributed by atoms with E-state index in [0.29, 0.717) is 27.3 Å². The Bertz CT molecular complexity index is 1270. The first-order valence-electron chi connectivity index (χ1n) is 9.35. The van der Waals surface area contributed by atoms with Gasteiger partial charge in [0.1, 0.15) is 0 Å². The van der Waals surface area contributed by atoms with Crippen LogP contribution in [0.4, 0.5) is 5.69 Å². The van der Waals surface area contributed by atoms with Crippen molar-refractivity contribution in [2.24, 2.45) is 0 Å². The standard InChI is InChI=1S/C23H18ClN3O3/c1-15-7-2-4-11-19(15)25-21(28)14-26-20-12-5-3-10-18(20)22(29)27(23(26)30)17-9-6-8-16(24)13-17/h2-13H,14H2,1H3,(H,25,28)/p+2. The number of aromatic nitrogens is 2. The fraction of sp³-hybridized carbons (Fsp3) is 0.0870. The summed E-state index contributed by atoms with van der Waals surface area (Å²) in [5.41, 5.74) is 2.63. The maximum atomic E-state index is 12.8. The lowest BCUT2D eigenvalue weighted by molar-refractivity contribution is -0.774. The van der Waals surface area contributed by atoms with E-state index in [1.807, 2.05) is 31.2 Å². The van der Waals surface area contributed by atoms with Gasteiger partial charge in [-0.1, -0.05) is 52.6 Å². The highest BCUT2D eigenvalue weighted by molar-refractivity contribution is 6.30. The predicted octanol–water partition coefficient (Wildman–Crippen LogP) is 3.42. The second kappa shape index (κ2) is 8.00. The summed E-state index contributed by atoms with van der Waals surface area (Å²) in [6.45, 7) is 1.75. The number of aryl methyl sites for hydroxylation is 1. The quantitative estimate of drug-likeness (QED) is 0.442. The molecule has 1 amide bonds. The number of carbonyl (C=O) groups excluding carboxylic acids is 1. The molecule has 1 aromatic heterocycles. The van der Waals surface area contributed by atoms with Gasteiger partial charge >= 0.3 is 11.9 Å². The summed E-state index contributed by atoms with van der Waals surface area (Å²) < 4.78 is 2.71. The van der Waals surface area contributed by atoms with Gasteiger partial charge in [0.05, 0.1) is 0 Å². The first-order valence-corrected chi connectivity index (χ1v) is 9.73. The fourth-order valence-corrected chi connectivity index (χ4v) is 3.58. The molecule has 0 atom stereocenters. The molecule has 0 bridgehead atoms. The number of para-hydroxylation sites is 2. The maximum Gasteiger partial charge on any atom is 0.638 e. The third-order valence-electron chi connectivity index (χ3n) is 4.88. The van der Waals surface area contributed by atoms with Crippen molar-refractivity contribution in [3.63, 3.8) is 0 Å². The number of rotatable bonds is 4. The van der Waals surface area contributed by atoms with Crippen molar-refractivity contribution in [2.45, 2.75) is 13.5 Å². The molecule has 0 aliphatic carbocycles. The topological polar surface area (TPSA) is 77.3 Å². The molecule has 0 saturated heterocycles. The van der Waals surface area contributed by atoms with Gasteiger partial charge in [-0.3, -0.25) is 4.79 Å². The molecule has 150 valence electrons. The van der Waals surface area contributed by atoms with Gasteiger partial charge in [-0.05, 0) is 35.3 Å². The lowest BCUT2D eigenvalue weighted by atomic mass is 10.2. The summed E-state index contributed by atoms with van der Waals surface area (Å²) >= 11 is 6.10. The van der Waals surface area contributed by atoms with Crippen molar-refractivity contribution in [3.05, 3.63) is 83.4 Å². The monoisotopic (exact) mass is 421 g/mol. The van der Waals surface area contributed by atoms with Crippen LogP contribution < -0.4 is 14.5 Å².